The van der Waals surface area contributed by atoms with E-state index in [0.29, 0.717) is 25.0 Å². The number of likely N-dealkylation sites (tertiary alicyclic amines) is 1. The minimum absolute atomic E-state index is 0.0201. The number of hydrogen-bond acceptors (Lipinski definition) is 6. The van der Waals surface area contributed by atoms with Gasteiger partial charge >= 0.3 is 5.97 Å². The molecule has 6 rings (SSSR count). The summed E-state index contributed by atoms with van der Waals surface area (Å²) in [4.78, 5) is 15.3. The van der Waals surface area contributed by atoms with E-state index in [1.165, 1.54) is 19.3 Å². The Kier molecular flexibility index (Phi) is 3.98. The summed E-state index contributed by atoms with van der Waals surface area (Å²) in [5.74, 6) is 0.666. The number of hydrogen-bond donors (Lipinski definition) is 0. The number of carbonyl (C=O) groups is 1. The maximum absolute atomic E-state index is 12.8. The van der Waals surface area contributed by atoms with Crippen LogP contribution in [0.25, 0.3) is 0 Å². The summed E-state index contributed by atoms with van der Waals surface area (Å²) >= 11 is 0. The fourth-order valence-corrected chi connectivity index (χ4v) is 7.31. The van der Waals surface area contributed by atoms with Crippen molar-refractivity contribution < 1.29 is 23.7 Å². The van der Waals surface area contributed by atoms with Crippen molar-refractivity contribution in [1.82, 2.24) is 4.90 Å². The smallest absolute Gasteiger partial charge is 0.310 e. The van der Waals surface area contributed by atoms with Crippen molar-refractivity contribution in [3.63, 3.8) is 0 Å². The van der Waals surface area contributed by atoms with Crippen LogP contribution in [0, 0.1) is 23.2 Å². The molecule has 2 unspecified atom stereocenters. The third-order valence-electron chi connectivity index (χ3n) is 8.97. The number of rotatable bonds is 2. The Bertz CT molecular complexity index is 647. The van der Waals surface area contributed by atoms with Gasteiger partial charge in [-0.1, -0.05) is 6.92 Å². The molecule has 4 saturated heterocycles. The highest BCUT2D eigenvalue weighted by Crippen LogP contribution is 2.62. The molecule has 28 heavy (non-hydrogen) atoms. The molecule has 4 aliphatic heterocycles. The second-order valence-electron chi connectivity index (χ2n) is 10.5. The molecule has 6 fully saturated rings. The van der Waals surface area contributed by atoms with Crippen LogP contribution in [0.5, 0.6) is 0 Å². The second kappa shape index (κ2) is 6.16. The SMILES string of the molecule is C[C@]12CCCC3(CO3)[C@@H]1C[C@@H]1C(CN3CCC4(CC3)OCCO4)C(=O)O[C@@H]1C2. The van der Waals surface area contributed by atoms with Crippen LogP contribution in [0.1, 0.15) is 51.9 Å². The van der Waals surface area contributed by atoms with Crippen molar-refractivity contribution in [2.45, 2.75) is 69.4 Å². The molecule has 0 bridgehead atoms. The van der Waals surface area contributed by atoms with Crippen molar-refractivity contribution in [3.8, 4) is 0 Å². The Balaban J connectivity index is 1.15. The minimum Gasteiger partial charge on any atom is -0.462 e. The molecular formula is C22H33NO5. The first kappa shape index (κ1) is 18.1. The fraction of sp³-hybridized carbons (Fsp3) is 0.955. The molecule has 2 spiro atoms. The molecule has 0 N–H and O–H groups in total. The van der Waals surface area contributed by atoms with Crippen LogP contribution in [0.2, 0.25) is 0 Å². The van der Waals surface area contributed by atoms with Crippen LogP contribution < -0.4 is 0 Å². The molecule has 2 saturated carbocycles. The summed E-state index contributed by atoms with van der Waals surface area (Å²) in [5, 5.41) is 0. The number of carbonyl (C=O) groups excluding carboxylic acids is 1. The maximum Gasteiger partial charge on any atom is 0.310 e. The molecule has 2 aliphatic carbocycles. The highest BCUT2D eigenvalue weighted by atomic mass is 16.7. The van der Waals surface area contributed by atoms with Gasteiger partial charge in [0.1, 0.15) is 6.10 Å². The second-order valence-corrected chi connectivity index (χ2v) is 10.5. The first-order chi connectivity index (χ1) is 13.5. The van der Waals surface area contributed by atoms with Crippen molar-refractivity contribution in [2.24, 2.45) is 23.2 Å². The average molecular weight is 392 g/mol. The van der Waals surface area contributed by atoms with Gasteiger partial charge in [-0.25, -0.2) is 0 Å². The van der Waals surface area contributed by atoms with E-state index in [-0.39, 0.29) is 34.8 Å². The van der Waals surface area contributed by atoms with Crippen LogP contribution in [0.3, 0.4) is 0 Å². The number of epoxide rings is 1. The standard InChI is InChI=1S/C22H33NO5/c1-20-3-2-4-21(14-27-21)18(20)11-15-16(19(24)28-17(15)12-20)13-23-7-5-22(6-8-23)25-9-10-26-22/h15-18H,2-14H2,1H3/t15-,16?,17-,18-,20-,21?/m1/s1. The van der Waals surface area contributed by atoms with Crippen LogP contribution in [-0.2, 0) is 23.7 Å². The molecule has 156 valence electrons. The van der Waals surface area contributed by atoms with E-state index >= 15 is 0 Å². The summed E-state index contributed by atoms with van der Waals surface area (Å²) in [5.41, 5.74) is 0.405. The zero-order valence-corrected chi connectivity index (χ0v) is 17.0. The van der Waals surface area contributed by atoms with E-state index < -0.39 is 0 Å². The van der Waals surface area contributed by atoms with Gasteiger partial charge in [-0.3, -0.25) is 4.79 Å². The van der Waals surface area contributed by atoms with Gasteiger partial charge in [-0.2, -0.15) is 0 Å². The molecule has 0 radical (unpaired) electrons. The van der Waals surface area contributed by atoms with Crippen molar-refractivity contribution >= 4 is 5.97 Å². The van der Waals surface area contributed by atoms with Gasteiger partial charge < -0.3 is 23.8 Å². The molecule has 6 heteroatoms. The minimum atomic E-state index is -0.348. The Labute approximate surface area is 167 Å². The zero-order chi connectivity index (χ0) is 19.0. The molecule has 0 aromatic carbocycles. The lowest BCUT2D eigenvalue weighted by Crippen LogP contribution is -2.52. The molecule has 6 atom stereocenters. The number of fused-ring (bicyclic) bond motifs is 3. The van der Waals surface area contributed by atoms with E-state index in [9.17, 15) is 4.79 Å². The summed E-state index contributed by atoms with van der Waals surface area (Å²) in [7, 11) is 0. The summed E-state index contributed by atoms with van der Waals surface area (Å²) in [6.07, 6.45) is 7.76. The lowest BCUT2D eigenvalue weighted by Gasteiger charge is -2.51. The summed E-state index contributed by atoms with van der Waals surface area (Å²) in [6.45, 7) is 7.48. The van der Waals surface area contributed by atoms with E-state index in [1.807, 2.05) is 0 Å². The van der Waals surface area contributed by atoms with Gasteiger partial charge in [-0.15, -0.1) is 0 Å². The van der Waals surface area contributed by atoms with E-state index in [0.717, 1.165) is 51.9 Å². The number of nitrogens with zero attached hydrogens (tertiary/aromatic N) is 1. The number of piperidine rings is 1. The predicted molar refractivity (Wildman–Crippen MR) is 101 cm³/mol. The summed E-state index contributed by atoms with van der Waals surface area (Å²) < 4.78 is 23.7. The van der Waals surface area contributed by atoms with Gasteiger partial charge in [0.05, 0.1) is 31.3 Å². The Morgan fingerprint density at radius 2 is 1.82 bits per heavy atom. The maximum atomic E-state index is 12.8. The van der Waals surface area contributed by atoms with Gasteiger partial charge in [-0.05, 0) is 43.4 Å². The van der Waals surface area contributed by atoms with Gasteiger partial charge in [0, 0.05) is 38.4 Å². The molecule has 0 aromatic heterocycles. The van der Waals surface area contributed by atoms with Gasteiger partial charge in [0.25, 0.3) is 0 Å². The topological polar surface area (TPSA) is 60.5 Å². The first-order valence-corrected chi connectivity index (χ1v) is 11.4. The third-order valence-corrected chi connectivity index (χ3v) is 8.97. The van der Waals surface area contributed by atoms with E-state index in [4.69, 9.17) is 18.9 Å². The molecular weight excluding hydrogens is 358 g/mol. The molecule has 6 nitrogen and oxygen atoms in total. The Hall–Kier alpha value is -0.690. The largest absolute Gasteiger partial charge is 0.462 e. The van der Waals surface area contributed by atoms with Crippen LogP contribution >= 0.6 is 0 Å². The normalized spacial score (nSPS) is 49.8. The van der Waals surface area contributed by atoms with E-state index in [1.54, 1.807) is 0 Å². The number of ether oxygens (including phenoxy) is 4. The lowest BCUT2D eigenvalue weighted by molar-refractivity contribution is -0.186. The van der Waals surface area contributed by atoms with Crippen LogP contribution in [0.4, 0.5) is 0 Å². The Morgan fingerprint density at radius 1 is 1.07 bits per heavy atom. The lowest BCUT2D eigenvalue weighted by atomic mass is 9.53. The highest BCUT2D eigenvalue weighted by molar-refractivity contribution is 5.75. The Morgan fingerprint density at radius 3 is 2.54 bits per heavy atom. The fourth-order valence-electron chi connectivity index (χ4n) is 7.31. The number of esters is 1. The quantitative estimate of drug-likeness (QED) is 0.532. The zero-order valence-electron chi connectivity index (χ0n) is 17.0. The first-order valence-electron chi connectivity index (χ1n) is 11.4. The van der Waals surface area contributed by atoms with Crippen molar-refractivity contribution in [3.05, 3.63) is 0 Å². The predicted octanol–water partition coefficient (Wildman–Crippen LogP) is 2.35. The summed E-state index contributed by atoms with van der Waals surface area (Å²) in [6, 6.07) is 0. The third kappa shape index (κ3) is 2.71. The average Bonchev–Trinajstić information content (AvgIpc) is 3.18. The molecule has 4 heterocycles. The van der Waals surface area contributed by atoms with Crippen LogP contribution in [-0.4, -0.2) is 67.8 Å². The van der Waals surface area contributed by atoms with Gasteiger partial charge in [0.15, 0.2) is 5.79 Å². The molecule has 0 aromatic rings. The van der Waals surface area contributed by atoms with Crippen LogP contribution in [0.15, 0.2) is 0 Å². The van der Waals surface area contributed by atoms with Gasteiger partial charge in [0.2, 0.25) is 0 Å². The molecule has 0 amide bonds. The molecule has 6 aliphatic rings. The van der Waals surface area contributed by atoms with Crippen molar-refractivity contribution in [2.75, 3.05) is 39.5 Å². The van der Waals surface area contributed by atoms with Crippen molar-refractivity contribution in [1.29, 1.82) is 0 Å². The monoisotopic (exact) mass is 391 g/mol. The van der Waals surface area contributed by atoms with E-state index in [2.05, 4.69) is 11.8 Å². The highest BCUT2D eigenvalue weighted by Gasteiger charge is 2.65.